The maximum absolute atomic E-state index is 9.31. The quantitative estimate of drug-likeness (QED) is 0.810. The van der Waals surface area contributed by atoms with Gasteiger partial charge < -0.3 is 15.2 Å². The number of hydrogen-bond acceptors (Lipinski definition) is 3. The molecule has 1 aliphatic rings. The van der Waals surface area contributed by atoms with Crippen LogP contribution >= 0.6 is 0 Å². The summed E-state index contributed by atoms with van der Waals surface area (Å²) < 4.78 is 5.17. The largest absolute Gasteiger partial charge is 0.396 e. The minimum atomic E-state index is -0.0439. The van der Waals surface area contributed by atoms with Gasteiger partial charge in [0.15, 0.2) is 0 Å². The standard InChI is InChI=1S/C14H21NO2/c1-11-4-3-5-13(12(11)2)6-15-7-14(8-16)9-17-10-14/h3-5,15-16H,6-10H2,1-2H3. The van der Waals surface area contributed by atoms with Crippen LogP contribution in [0.4, 0.5) is 0 Å². The second-order valence-corrected chi connectivity index (χ2v) is 5.11. The third kappa shape index (κ3) is 2.68. The van der Waals surface area contributed by atoms with Crippen LogP contribution in [0.3, 0.4) is 0 Å². The van der Waals surface area contributed by atoms with Gasteiger partial charge in [-0.15, -0.1) is 0 Å². The van der Waals surface area contributed by atoms with E-state index in [-0.39, 0.29) is 12.0 Å². The van der Waals surface area contributed by atoms with Crippen molar-refractivity contribution in [1.29, 1.82) is 0 Å². The van der Waals surface area contributed by atoms with E-state index in [1.165, 1.54) is 16.7 Å². The number of aliphatic hydroxyl groups is 1. The lowest BCUT2D eigenvalue weighted by Gasteiger charge is -2.40. The number of rotatable bonds is 5. The number of nitrogens with one attached hydrogen (secondary N) is 1. The normalized spacial score (nSPS) is 17.8. The topological polar surface area (TPSA) is 41.5 Å². The molecule has 1 heterocycles. The van der Waals surface area contributed by atoms with Gasteiger partial charge in [0.1, 0.15) is 0 Å². The molecule has 1 saturated heterocycles. The Bertz CT molecular complexity index is 380. The predicted molar refractivity (Wildman–Crippen MR) is 68.0 cm³/mol. The van der Waals surface area contributed by atoms with Crippen LogP contribution in [0.25, 0.3) is 0 Å². The Morgan fingerprint density at radius 2 is 2.12 bits per heavy atom. The minimum Gasteiger partial charge on any atom is -0.396 e. The Balaban J connectivity index is 1.88. The number of benzene rings is 1. The molecule has 0 unspecified atom stereocenters. The number of aliphatic hydroxyl groups excluding tert-OH is 1. The first-order chi connectivity index (χ1) is 8.17. The van der Waals surface area contributed by atoms with Crippen LogP contribution in [-0.4, -0.2) is 31.5 Å². The second-order valence-electron chi connectivity index (χ2n) is 5.11. The molecule has 94 valence electrons. The number of aryl methyl sites for hydroxylation is 1. The van der Waals surface area contributed by atoms with Crippen molar-refractivity contribution in [2.24, 2.45) is 5.41 Å². The summed E-state index contributed by atoms with van der Waals surface area (Å²) in [6.45, 7) is 7.50. The second kappa shape index (κ2) is 5.17. The first kappa shape index (κ1) is 12.6. The van der Waals surface area contributed by atoms with Crippen molar-refractivity contribution in [3.8, 4) is 0 Å². The molecular formula is C14H21NO2. The molecule has 3 heteroatoms. The zero-order valence-electron chi connectivity index (χ0n) is 10.6. The molecule has 3 nitrogen and oxygen atoms in total. The summed E-state index contributed by atoms with van der Waals surface area (Å²) in [5.74, 6) is 0. The molecule has 1 fully saturated rings. The molecule has 1 aromatic rings. The van der Waals surface area contributed by atoms with E-state index in [1.807, 2.05) is 0 Å². The van der Waals surface area contributed by atoms with E-state index in [0.29, 0.717) is 13.2 Å². The van der Waals surface area contributed by atoms with Gasteiger partial charge in [0.05, 0.1) is 25.2 Å². The first-order valence-corrected chi connectivity index (χ1v) is 6.11. The zero-order valence-corrected chi connectivity index (χ0v) is 10.6. The van der Waals surface area contributed by atoms with E-state index in [4.69, 9.17) is 4.74 Å². The molecule has 0 aromatic heterocycles. The summed E-state index contributed by atoms with van der Waals surface area (Å²) >= 11 is 0. The van der Waals surface area contributed by atoms with Gasteiger partial charge in [0.25, 0.3) is 0 Å². The Kier molecular flexibility index (Phi) is 3.82. The third-order valence-electron chi connectivity index (χ3n) is 3.68. The van der Waals surface area contributed by atoms with Crippen molar-refractivity contribution in [3.63, 3.8) is 0 Å². The lowest BCUT2D eigenvalue weighted by atomic mass is 9.87. The highest BCUT2D eigenvalue weighted by atomic mass is 16.5. The van der Waals surface area contributed by atoms with Crippen molar-refractivity contribution in [1.82, 2.24) is 5.32 Å². The molecule has 0 atom stereocenters. The van der Waals surface area contributed by atoms with Crippen LogP contribution in [0, 0.1) is 19.3 Å². The van der Waals surface area contributed by atoms with E-state index in [9.17, 15) is 5.11 Å². The van der Waals surface area contributed by atoms with Crippen molar-refractivity contribution in [2.75, 3.05) is 26.4 Å². The molecule has 1 aliphatic heterocycles. The molecule has 0 radical (unpaired) electrons. The van der Waals surface area contributed by atoms with Crippen molar-refractivity contribution >= 4 is 0 Å². The highest BCUT2D eigenvalue weighted by Gasteiger charge is 2.37. The van der Waals surface area contributed by atoms with Crippen LogP contribution in [0.1, 0.15) is 16.7 Å². The molecule has 0 amide bonds. The maximum atomic E-state index is 9.31. The molecular weight excluding hydrogens is 214 g/mol. The Morgan fingerprint density at radius 1 is 1.35 bits per heavy atom. The summed E-state index contributed by atoms with van der Waals surface area (Å²) in [5, 5.41) is 12.7. The van der Waals surface area contributed by atoms with E-state index < -0.39 is 0 Å². The summed E-state index contributed by atoms with van der Waals surface area (Å²) in [5.41, 5.74) is 3.96. The van der Waals surface area contributed by atoms with Gasteiger partial charge in [-0.2, -0.15) is 0 Å². The Hall–Kier alpha value is -0.900. The van der Waals surface area contributed by atoms with Gasteiger partial charge in [-0.3, -0.25) is 0 Å². The van der Waals surface area contributed by atoms with Gasteiger partial charge in [-0.05, 0) is 30.5 Å². The van der Waals surface area contributed by atoms with Crippen molar-refractivity contribution in [2.45, 2.75) is 20.4 Å². The molecule has 17 heavy (non-hydrogen) atoms. The molecule has 2 N–H and O–H groups in total. The average Bonchev–Trinajstić information content (AvgIpc) is 2.28. The number of hydrogen-bond donors (Lipinski definition) is 2. The van der Waals surface area contributed by atoms with Crippen LogP contribution in [-0.2, 0) is 11.3 Å². The van der Waals surface area contributed by atoms with Gasteiger partial charge in [-0.25, -0.2) is 0 Å². The summed E-state index contributed by atoms with van der Waals surface area (Å²) in [6, 6.07) is 6.37. The van der Waals surface area contributed by atoms with E-state index >= 15 is 0 Å². The molecule has 0 spiro atoms. The number of ether oxygens (including phenoxy) is 1. The molecule has 1 aromatic carbocycles. The van der Waals surface area contributed by atoms with Crippen LogP contribution < -0.4 is 5.32 Å². The van der Waals surface area contributed by atoms with E-state index in [1.54, 1.807) is 0 Å². The van der Waals surface area contributed by atoms with Gasteiger partial charge >= 0.3 is 0 Å². The molecule has 0 aliphatic carbocycles. The predicted octanol–water partition coefficient (Wildman–Crippen LogP) is 1.40. The molecule has 0 bridgehead atoms. The lowest BCUT2D eigenvalue weighted by Crippen LogP contribution is -2.52. The zero-order chi connectivity index (χ0) is 12.3. The molecule has 2 rings (SSSR count). The SMILES string of the molecule is Cc1cccc(CNCC2(CO)COC2)c1C. The summed E-state index contributed by atoms with van der Waals surface area (Å²) in [6.07, 6.45) is 0. The minimum absolute atomic E-state index is 0.0439. The van der Waals surface area contributed by atoms with Crippen LogP contribution in [0.15, 0.2) is 18.2 Å². The lowest BCUT2D eigenvalue weighted by molar-refractivity contribution is -0.134. The van der Waals surface area contributed by atoms with Crippen LogP contribution in [0.2, 0.25) is 0 Å². The maximum Gasteiger partial charge on any atom is 0.0579 e. The average molecular weight is 235 g/mol. The highest BCUT2D eigenvalue weighted by Crippen LogP contribution is 2.25. The summed E-state index contributed by atoms with van der Waals surface area (Å²) in [4.78, 5) is 0. The van der Waals surface area contributed by atoms with Gasteiger partial charge in [0.2, 0.25) is 0 Å². The van der Waals surface area contributed by atoms with Gasteiger partial charge in [0, 0.05) is 13.1 Å². The monoisotopic (exact) mass is 235 g/mol. The van der Waals surface area contributed by atoms with Crippen LogP contribution in [0.5, 0.6) is 0 Å². The Morgan fingerprint density at radius 3 is 2.71 bits per heavy atom. The van der Waals surface area contributed by atoms with E-state index in [0.717, 1.165) is 13.1 Å². The summed E-state index contributed by atoms with van der Waals surface area (Å²) in [7, 11) is 0. The third-order valence-corrected chi connectivity index (χ3v) is 3.68. The smallest absolute Gasteiger partial charge is 0.0579 e. The molecule has 0 saturated carbocycles. The first-order valence-electron chi connectivity index (χ1n) is 6.11. The fraction of sp³-hybridized carbons (Fsp3) is 0.571. The van der Waals surface area contributed by atoms with Crippen molar-refractivity contribution < 1.29 is 9.84 Å². The van der Waals surface area contributed by atoms with E-state index in [2.05, 4.69) is 37.4 Å². The fourth-order valence-corrected chi connectivity index (χ4v) is 2.11. The van der Waals surface area contributed by atoms with Crippen molar-refractivity contribution in [3.05, 3.63) is 34.9 Å². The van der Waals surface area contributed by atoms with Gasteiger partial charge in [-0.1, -0.05) is 18.2 Å². The fourth-order valence-electron chi connectivity index (χ4n) is 2.11. The highest BCUT2D eigenvalue weighted by molar-refractivity contribution is 5.32. The Labute approximate surface area is 103 Å².